The lowest BCUT2D eigenvalue weighted by Gasteiger charge is -2.40. The molecule has 4 heterocycles. The Morgan fingerprint density at radius 1 is 1.05 bits per heavy atom. The first-order valence-corrected chi connectivity index (χ1v) is 13.4. The average molecular weight is 532 g/mol. The number of piperazine rings is 1. The molecule has 2 atom stereocenters. The number of nitrogens with one attached hydrogen (secondary N) is 1. The Hall–Kier alpha value is -3.46. The molecule has 0 spiro atoms. The lowest BCUT2D eigenvalue weighted by molar-refractivity contribution is -0.119. The number of nitrogens with zero attached hydrogens (tertiary/aromatic N) is 4. The fraction of sp³-hybridized carbons (Fsp3) is 0.345. The maximum atomic E-state index is 13.3. The van der Waals surface area contributed by atoms with Crippen molar-refractivity contribution in [1.82, 2.24) is 9.88 Å². The molecule has 0 aliphatic carbocycles. The molecule has 1 N–H and O–H groups in total. The van der Waals surface area contributed by atoms with Crippen LogP contribution in [0.1, 0.15) is 33.9 Å². The highest BCUT2D eigenvalue weighted by Crippen LogP contribution is 2.40. The first-order chi connectivity index (χ1) is 18.5. The third-order valence-corrected chi connectivity index (χ3v) is 8.03. The third kappa shape index (κ3) is 4.53. The van der Waals surface area contributed by atoms with Crippen LogP contribution >= 0.6 is 11.6 Å². The van der Waals surface area contributed by atoms with Gasteiger partial charge >= 0.3 is 0 Å². The summed E-state index contributed by atoms with van der Waals surface area (Å²) in [4.78, 5) is 36.7. The smallest absolute Gasteiger partial charge is 0.258 e. The molecular formula is C29H30ClN5O3. The monoisotopic (exact) mass is 531 g/mol. The summed E-state index contributed by atoms with van der Waals surface area (Å²) in [5, 5.41) is 3.42. The number of rotatable bonds is 4. The maximum absolute atomic E-state index is 13.3. The van der Waals surface area contributed by atoms with Crippen LogP contribution in [0.4, 0.5) is 17.2 Å². The van der Waals surface area contributed by atoms with E-state index in [1.165, 1.54) is 0 Å². The van der Waals surface area contributed by atoms with Crippen LogP contribution in [0.15, 0.2) is 60.8 Å². The summed E-state index contributed by atoms with van der Waals surface area (Å²) in [6.07, 6.45) is 2.40. The van der Waals surface area contributed by atoms with Gasteiger partial charge in [0.15, 0.2) is 0 Å². The number of hydrogen-bond acceptors (Lipinski definition) is 6. The molecule has 9 heteroatoms. The van der Waals surface area contributed by atoms with E-state index in [1.54, 1.807) is 17.2 Å². The molecule has 2 amide bonds. The lowest BCUT2D eigenvalue weighted by atomic mass is 9.93. The fourth-order valence-electron chi connectivity index (χ4n) is 5.71. The summed E-state index contributed by atoms with van der Waals surface area (Å²) < 4.78 is 5.31. The van der Waals surface area contributed by atoms with Gasteiger partial charge < -0.3 is 19.9 Å². The van der Waals surface area contributed by atoms with E-state index in [9.17, 15) is 9.59 Å². The van der Waals surface area contributed by atoms with Gasteiger partial charge in [-0.2, -0.15) is 0 Å². The fourth-order valence-corrected chi connectivity index (χ4v) is 6.00. The summed E-state index contributed by atoms with van der Waals surface area (Å²) in [6.45, 7) is 4.11. The van der Waals surface area contributed by atoms with Crippen molar-refractivity contribution in [1.29, 1.82) is 0 Å². The molecule has 0 radical (unpaired) electrons. The van der Waals surface area contributed by atoms with Crippen molar-refractivity contribution in [2.75, 3.05) is 61.6 Å². The molecule has 38 heavy (non-hydrogen) atoms. The van der Waals surface area contributed by atoms with E-state index in [1.807, 2.05) is 43.4 Å². The van der Waals surface area contributed by atoms with Crippen LogP contribution in [-0.2, 0) is 9.53 Å². The van der Waals surface area contributed by atoms with Gasteiger partial charge in [0.25, 0.3) is 5.91 Å². The van der Waals surface area contributed by atoms with Crippen molar-refractivity contribution in [3.8, 4) is 0 Å². The molecular weight excluding hydrogens is 502 g/mol. The predicted octanol–water partition coefficient (Wildman–Crippen LogP) is 4.21. The van der Waals surface area contributed by atoms with E-state index >= 15 is 0 Å². The van der Waals surface area contributed by atoms with Crippen LogP contribution in [-0.4, -0.2) is 68.1 Å². The number of halogens is 1. The standard InChI is InChI=1S/C29H30ClN5O3/c1-33-25-9-5-4-8-23(25)26(21-6-2-3-7-22(21)29(33)37)34-11-13-35(14-12-34)27-24(30)16-20(17-31-27)32-28(36)19-10-15-38-18-19/h2-9,16-17,19,26H,10-15,18H2,1H3,(H,32,36). The Morgan fingerprint density at radius 3 is 2.53 bits per heavy atom. The van der Waals surface area contributed by atoms with Gasteiger partial charge in [0.05, 0.1) is 35.5 Å². The predicted molar refractivity (Wildman–Crippen MR) is 148 cm³/mol. The molecule has 2 unspecified atom stereocenters. The number of amides is 2. The lowest BCUT2D eigenvalue weighted by Crippen LogP contribution is -2.48. The Bertz CT molecular complexity index is 1370. The minimum Gasteiger partial charge on any atom is -0.381 e. The van der Waals surface area contributed by atoms with Crippen molar-refractivity contribution in [3.05, 3.63) is 82.5 Å². The summed E-state index contributed by atoms with van der Waals surface area (Å²) in [5.74, 6) is 0.536. The Kier molecular flexibility index (Phi) is 6.78. The van der Waals surface area contributed by atoms with E-state index in [0.29, 0.717) is 29.7 Å². The van der Waals surface area contributed by atoms with Crippen molar-refractivity contribution in [2.45, 2.75) is 12.5 Å². The number of carbonyl (C=O) groups is 2. The minimum absolute atomic E-state index is 0.0119. The van der Waals surface area contributed by atoms with Crippen LogP contribution in [0, 0.1) is 5.92 Å². The zero-order chi connectivity index (χ0) is 26.2. The van der Waals surface area contributed by atoms with Gasteiger partial charge in [-0.15, -0.1) is 0 Å². The number of para-hydroxylation sites is 1. The highest BCUT2D eigenvalue weighted by molar-refractivity contribution is 6.33. The van der Waals surface area contributed by atoms with Crippen LogP contribution < -0.4 is 15.1 Å². The Morgan fingerprint density at radius 2 is 1.79 bits per heavy atom. The molecule has 3 aliphatic rings. The van der Waals surface area contributed by atoms with E-state index in [4.69, 9.17) is 16.3 Å². The number of fused-ring (bicyclic) bond motifs is 2. The molecule has 2 saturated heterocycles. The van der Waals surface area contributed by atoms with Gasteiger partial charge in [0.2, 0.25) is 5.91 Å². The number of pyridine rings is 1. The van der Waals surface area contributed by atoms with E-state index in [0.717, 1.165) is 55.0 Å². The molecule has 0 bridgehead atoms. The quantitative estimate of drug-likeness (QED) is 0.543. The molecule has 8 nitrogen and oxygen atoms in total. The topological polar surface area (TPSA) is 78.0 Å². The van der Waals surface area contributed by atoms with E-state index in [2.05, 4.69) is 32.2 Å². The van der Waals surface area contributed by atoms with Crippen molar-refractivity contribution in [2.24, 2.45) is 5.92 Å². The van der Waals surface area contributed by atoms with Crippen LogP contribution in [0.2, 0.25) is 5.02 Å². The summed E-state index contributed by atoms with van der Waals surface area (Å²) >= 11 is 6.64. The Labute approximate surface area is 227 Å². The second-order valence-corrected chi connectivity index (χ2v) is 10.4. The number of benzene rings is 2. The SMILES string of the molecule is CN1C(=O)c2ccccc2C(N2CCN(c3ncc(NC(=O)C4CCOC4)cc3Cl)CC2)c2ccccc21. The second kappa shape index (κ2) is 10.4. The molecule has 3 aromatic rings. The second-order valence-electron chi connectivity index (χ2n) is 10.0. The largest absolute Gasteiger partial charge is 0.381 e. The molecule has 2 fully saturated rings. The van der Waals surface area contributed by atoms with Crippen LogP contribution in [0.5, 0.6) is 0 Å². The van der Waals surface area contributed by atoms with Crippen LogP contribution in [0.3, 0.4) is 0 Å². The Balaban J connectivity index is 1.21. The normalized spacial score (nSPS) is 21.6. The van der Waals surface area contributed by atoms with Gasteiger partial charge in [0.1, 0.15) is 5.82 Å². The van der Waals surface area contributed by atoms with Gasteiger partial charge in [-0.25, -0.2) is 4.98 Å². The van der Waals surface area contributed by atoms with Gasteiger partial charge in [0, 0.05) is 51.1 Å². The average Bonchev–Trinajstić information content (AvgIpc) is 3.47. The number of anilines is 3. The van der Waals surface area contributed by atoms with Gasteiger partial charge in [-0.05, 0) is 35.7 Å². The molecule has 2 aromatic carbocycles. The van der Waals surface area contributed by atoms with E-state index in [-0.39, 0.29) is 23.8 Å². The molecule has 1 aromatic heterocycles. The molecule has 6 rings (SSSR count). The zero-order valence-electron chi connectivity index (χ0n) is 21.3. The van der Waals surface area contributed by atoms with Crippen molar-refractivity contribution >= 4 is 40.6 Å². The number of aromatic nitrogens is 1. The van der Waals surface area contributed by atoms with Gasteiger partial charge in [-0.3, -0.25) is 14.5 Å². The maximum Gasteiger partial charge on any atom is 0.258 e. The summed E-state index contributed by atoms with van der Waals surface area (Å²) in [7, 11) is 1.85. The number of ether oxygens (including phenoxy) is 1. The molecule has 196 valence electrons. The van der Waals surface area contributed by atoms with Crippen molar-refractivity contribution in [3.63, 3.8) is 0 Å². The van der Waals surface area contributed by atoms with Gasteiger partial charge in [-0.1, -0.05) is 48.0 Å². The van der Waals surface area contributed by atoms with E-state index < -0.39 is 0 Å². The zero-order valence-corrected chi connectivity index (χ0v) is 22.0. The molecule has 3 aliphatic heterocycles. The summed E-state index contributed by atoms with van der Waals surface area (Å²) in [5.41, 5.74) is 4.44. The highest BCUT2D eigenvalue weighted by Gasteiger charge is 2.35. The van der Waals surface area contributed by atoms with Crippen LogP contribution in [0.25, 0.3) is 0 Å². The first kappa shape index (κ1) is 24.9. The number of carbonyl (C=O) groups excluding carboxylic acids is 2. The van der Waals surface area contributed by atoms with Crippen molar-refractivity contribution < 1.29 is 14.3 Å². The summed E-state index contributed by atoms with van der Waals surface area (Å²) in [6, 6.07) is 17.8. The first-order valence-electron chi connectivity index (χ1n) is 13.0. The molecule has 0 saturated carbocycles. The number of hydrogen-bond donors (Lipinski definition) is 1. The highest BCUT2D eigenvalue weighted by atomic mass is 35.5. The minimum atomic E-state index is -0.129. The third-order valence-electron chi connectivity index (χ3n) is 7.75.